The number of ether oxygens (including phenoxy) is 1. The lowest BCUT2D eigenvalue weighted by molar-refractivity contribution is -0.144. The standard InChI is InChI=1S/C26H19F8NO3/c1-38-24(37)21(35-23(36)22-19(27)6-3-7-20(22)28)12-15-5-2-4-14(10-15)11-16-8-9-17(25(29,30)31)13-18(16)26(32,33)34/h2-10,13,21H,11-12H2,1H3,(H,35,36)/t21-/m0/s1. The number of methoxy groups -OCH3 is 1. The van der Waals surface area contributed by atoms with E-state index in [2.05, 4.69) is 10.1 Å². The largest absolute Gasteiger partial charge is 0.467 e. The van der Waals surface area contributed by atoms with Gasteiger partial charge in [0.25, 0.3) is 5.91 Å². The molecule has 38 heavy (non-hydrogen) atoms. The molecule has 0 saturated heterocycles. The highest BCUT2D eigenvalue weighted by Gasteiger charge is 2.38. The lowest BCUT2D eigenvalue weighted by Crippen LogP contribution is -2.43. The maximum atomic E-state index is 14.0. The third-order valence-electron chi connectivity index (χ3n) is 5.55. The summed E-state index contributed by atoms with van der Waals surface area (Å²) in [5.74, 6) is -4.51. The van der Waals surface area contributed by atoms with Crippen LogP contribution in [0.2, 0.25) is 0 Å². The van der Waals surface area contributed by atoms with Crippen molar-refractivity contribution in [1.82, 2.24) is 5.32 Å². The van der Waals surface area contributed by atoms with Crippen molar-refractivity contribution in [2.24, 2.45) is 0 Å². The summed E-state index contributed by atoms with van der Waals surface area (Å²) in [6.45, 7) is 0. The van der Waals surface area contributed by atoms with E-state index in [1.807, 2.05) is 0 Å². The zero-order valence-corrected chi connectivity index (χ0v) is 19.5. The molecule has 0 aromatic heterocycles. The Morgan fingerprint density at radius 1 is 0.842 bits per heavy atom. The Bertz CT molecular complexity index is 1310. The highest BCUT2D eigenvalue weighted by molar-refractivity contribution is 5.97. The van der Waals surface area contributed by atoms with Crippen LogP contribution in [0, 0.1) is 11.6 Å². The number of carbonyl (C=O) groups is 2. The molecule has 3 rings (SSSR count). The van der Waals surface area contributed by atoms with Crippen LogP contribution in [0.5, 0.6) is 0 Å². The molecule has 0 unspecified atom stereocenters. The van der Waals surface area contributed by atoms with Gasteiger partial charge < -0.3 is 10.1 Å². The van der Waals surface area contributed by atoms with E-state index in [0.29, 0.717) is 11.6 Å². The fraction of sp³-hybridized carbons (Fsp3) is 0.231. The summed E-state index contributed by atoms with van der Waals surface area (Å²) in [5.41, 5.74) is -3.61. The first kappa shape index (κ1) is 28.6. The summed E-state index contributed by atoms with van der Waals surface area (Å²) in [6, 6.07) is 8.43. The Balaban J connectivity index is 1.87. The number of carbonyl (C=O) groups excluding carboxylic acids is 2. The fourth-order valence-corrected chi connectivity index (χ4v) is 3.77. The number of alkyl halides is 6. The highest BCUT2D eigenvalue weighted by atomic mass is 19.4. The summed E-state index contributed by atoms with van der Waals surface area (Å²) in [6.07, 6.45) is -10.7. The third kappa shape index (κ3) is 6.87. The van der Waals surface area contributed by atoms with Gasteiger partial charge in [0, 0.05) is 6.42 Å². The van der Waals surface area contributed by atoms with Gasteiger partial charge in [-0.05, 0) is 47.4 Å². The van der Waals surface area contributed by atoms with E-state index in [-0.39, 0.29) is 18.1 Å². The maximum absolute atomic E-state index is 14.0. The van der Waals surface area contributed by atoms with E-state index in [4.69, 9.17) is 0 Å². The van der Waals surface area contributed by atoms with Gasteiger partial charge in [-0.2, -0.15) is 26.3 Å². The Hall–Kier alpha value is -3.96. The van der Waals surface area contributed by atoms with Crippen molar-refractivity contribution < 1.29 is 49.4 Å². The van der Waals surface area contributed by atoms with Crippen molar-refractivity contribution in [2.45, 2.75) is 31.2 Å². The smallest absolute Gasteiger partial charge is 0.416 e. The number of nitrogens with one attached hydrogen (secondary N) is 1. The lowest BCUT2D eigenvalue weighted by Gasteiger charge is -2.18. The molecule has 0 aliphatic carbocycles. The minimum atomic E-state index is -5.05. The van der Waals surface area contributed by atoms with Crippen LogP contribution in [0.15, 0.2) is 60.7 Å². The van der Waals surface area contributed by atoms with Crippen LogP contribution in [0.25, 0.3) is 0 Å². The predicted octanol–water partition coefficient (Wildman–Crippen LogP) is 6.11. The lowest BCUT2D eigenvalue weighted by atomic mass is 9.95. The molecular weight excluding hydrogens is 526 g/mol. The molecule has 0 aliphatic heterocycles. The molecule has 0 spiro atoms. The summed E-state index contributed by atoms with van der Waals surface area (Å²) in [4.78, 5) is 24.7. The molecule has 1 atom stereocenters. The fourth-order valence-electron chi connectivity index (χ4n) is 3.77. The van der Waals surface area contributed by atoms with Crippen LogP contribution in [0.4, 0.5) is 35.1 Å². The van der Waals surface area contributed by atoms with Crippen LogP contribution < -0.4 is 5.32 Å². The molecule has 1 N–H and O–H groups in total. The van der Waals surface area contributed by atoms with Gasteiger partial charge in [0.2, 0.25) is 0 Å². The molecule has 202 valence electrons. The first-order valence-corrected chi connectivity index (χ1v) is 10.9. The second-order valence-corrected chi connectivity index (χ2v) is 8.21. The number of hydrogen-bond acceptors (Lipinski definition) is 3. The third-order valence-corrected chi connectivity index (χ3v) is 5.55. The molecule has 0 fully saturated rings. The zero-order chi connectivity index (χ0) is 28.3. The van der Waals surface area contributed by atoms with Crippen LogP contribution in [-0.4, -0.2) is 25.0 Å². The maximum Gasteiger partial charge on any atom is 0.416 e. The van der Waals surface area contributed by atoms with Gasteiger partial charge in [-0.3, -0.25) is 4.79 Å². The predicted molar refractivity (Wildman–Crippen MR) is 119 cm³/mol. The van der Waals surface area contributed by atoms with E-state index in [9.17, 15) is 44.7 Å². The minimum absolute atomic E-state index is 0.0455. The minimum Gasteiger partial charge on any atom is -0.467 e. The van der Waals surface area contributed by atoms with Gasteiger partial charge in [0.15, 0.2) is 0 Å². The first-order valence-electron chi connectivity index (χ1n) is 10.9. The molecule has 0 bridgehead atoms. The van der Waals surface area contributed by atoms with Crippen molar-refractivity contribution in [1.29, 1.82) is 0 Å². The Labute approximate surface area is 211 Å². The van der Waals surface area contributed by atoms with Crippen LogP contribution in [0.1, 0.15) is 38.2 Å². The molecule has 0 heterocycles. The van der Waals surface area contributed by atoms with Gasteiger partial charge in [-0.1, -0.05) is 36.4 Å². The van der Waals surface area contributed by atoms with Crippen LogP contribution in [0.3, 0.4) is 0 Å². The summed E-state index contributed by atoms with van der Waals surface area (Å²) < 4.78 is 112. The summed E-state index contributed by atoms with van der Waals surface area (Å²) in [7, 11) is 1.02. The molecular formula is C26H19F8NO3. The molecule has 3 aromatic carbocycles. The molecule has 3 aromatic rings. The molecule has 0 saturated carbocycles. The quantitative estimate of drug-likeness (QED) is 0.288. The van der Waals surface area contributed by atoms with Gasteiger partial charge >= 0.3 is 18.3 Å². The Morgan fingerprint density at radius 2 is 1.45 bits per heavy atom. The topological polar surface area (TPSA) is 55.4 Å². The van der Waals surface area contributed by atoms with Crippen molar-refractivity contribution in [3.05, 3.63) is 106 Å². The number of hydrogen-bond donors (Lipinski definition) is 1. The van der Waals surface area contributed by atoms with Crippen molar-refractivity contribution in [2.75, 3.05) is 7.11 Å². The monoisotopic (exact) mass is 545 g/mol. The van der Waals surface area contributed by atoms with Crippen molar-refractivity contribution in [3.63, 3.8) is 0 Å². The van der Waals surface area contributed by atoms with Crippen LogP contribution >= 0.6 is 0 Å². The average Bonchev–Trinajstić information content (AvgIpc) is 2.82. The number of benzene rings is 3. The van der Waals surface area contributed by atoms with E-state index >= 15 is 0 Å². The molecule has 4 nitrogen and oxygen atoms in total. The summed E-state index contributed by atoms with van der Waals surface area (Å²) in [5, 5.41) is 2.18. The van der Waals surface area contributed by atoms with E-state index in [1.54, 1.807) is 0 Å². The van der Waals surface area contributed by atoms with Gasteiger partial charge in [0.05, 0.1) is 18.2 Å². The molecule has 12 heteroatoms. The molecule has 1 amide bonds. The molecule has 0 radical (unpaired) electrons. The highest BCUT2D eigenvalue weighted by Crippen LogP contribution is 2.38. The Kier molecular flexibility index (Phi) is 8.43. The SMILES string of the molecule is COC(=O)[C@H](Cc1cccc(Cc2ccc(C(F)(F)F)cc2C(F)(F)F)c1)NC(=O)c1c(F)cccc1F. The first-order chi connectivity index (χ1) is 17.7. The molecule has 0 aliphatic rings. The number of rotatable bonds is 7. The second-order valence-electron chi connectivity index (χ2n) is 8.21. The Morgan fingerprint density at radius 3 is 2.03 bits per heavy atom. The van der Waals surface area contributed by atoms with Gasteiger partial charge in [0.1, 0.15) is 23.2 Å². The average molecular weight is 545 g/mol. The van der Waals surface area contributed by atoms with E-state index in [0.717, 1.165) is 31.4 Å². The number of halogens is 8. The second kappa shape index (κ2) is 11.2. The van der Waals surface area contributed by atoms with E-state index < -0.39 is 70.6 Å². The van der Waals surface area contributed by atoms with Gasteiger partial charge in [-0.15, -0.1) is 0 Å². The number of esters is 1. The van der Waals surface area contributed by atoms with E-state index in [1.165, 1.54) is 24.3 Å². The van der Waals surface area contributed by atoms with Gasteiger partial charge in [-0.25, -0.2) is 13.6 Å². The normalized spacial score (nSPS) is 12.7. The van der Waals surface area contributed by atoms with Crippen LogP contribution in [-0.2, 0) is 34.7 Å². The number of amides is 1. The summed E-state index contributed by atoms with van der Waals surface area (Å²) >= 11 is 0. The van der Waals surface area contributed by atoms with Crippen molar-refractivity contribution >= 4 is 11.9 Å². The van der Waals surface area contributed by atoms with Crippen molar-refractivity contribution in [3.8, 4) is 0 Å². The zero-order valence-electron chi connectivity index (χ0n) is 19.5.